The predicted molar refractivity (Wildman–Crippen MR) is 73.4 cm³/mol. The molecule has 2 aliphatic rings. The number of pyridine rings is 1. The average molecular weight is 274 g/mol. The highest BCUT2D eigenvalue weighted by atomic mass is 16.2. The first-order valence-corrected chi connectivity index (χ1v) is 6.95. The second kappa shape index (κ2) is 5.11. The van der Waals surface area contributed by atoms with Gasteiger partial charge in [0.15, 0.2) is 0 Å². The number of amides is 2. The Morgan fingerprint density at radius 3 is 2.95 bits per heavy atom. The van der Waals surface area contributed by atoms with Gasteiger partial charge >= 0.3 is 0 Å². The second-order valence-corrected chi connectivity index (χ2v) is 5.35. The lowest BCUT2D eigenvalue weighted by molar-refractivity contribution is -0.158. The maximum atomic E-state index is 12.5. The molecule has 0 aliphatic carbocycles. The number of nitrogen functional groups attached to an aromatic ring is 1. The topological polar surface area (TPSA) is 79.5 Å². The van der Waals surface area contributed by atoms with Gasteiger partial charge in [0.25, 0.3) is 0 Å². The van der Waals surface area contributed by atoms with Crippen LogP contribution in [0.5, 0.6) is 0 Å². The van der Waals surface area contributed by atoms with Crippen molar-refractivity contribution >= 4 is 17.6 Å². The molecule has 2 N–H and O–H groups in total. The molecule has 1 aromatic heterocycles. The predicted octanol–water partition coefficient (Wildman–Crippen LogP) is 0.387. The molecule has 6 nitrogen and oxygen atoms in total. The molecule has 3 heterocycles. The van der Waals surface area contributed by atoms with Crippen molar-refractivity contribution in [2.24, 2.45) is 0 Å². The molecule has 1 atom stereocenters. The van der Waals surface area contributed by atoms with Crippen molar-refractivity contribution in [3.8, 4) is 0 Å². The van der Waals surface area contributed by atoms with E-state index in [1.54, 1.807) is 21.9 Å². The first kappa shape index (κ1) is 12.9. The highest BCUT2D eigenvalue weighted by molar-refractivity contribution is 5.95. The van der Waals surface area contributed by atoms with Crippen molar-refractivity contribution in [1.82, 2.24) is 14.8 Å². The third-order valence-corrected chi connectivity index (χ3v) is 3.93. The van der Waals surface area contributed by atoms with Gasteiger partial charge in [0.1, 0.15) is 18.4 Å². The SMILES string of the molecule is Nc1cccc(CN2CC(=O)N3CCCCC3C2=O)n1. The van der Waals surface area contributed by atoms with Crippen LogP contribution in [0.4, 0.5) is 5.82 Å². The zero-order chi connectivity index (χ0) is 14.1. The van der Waals surface area contributed by atoms with Crippen LogP contribution in [0, 0.1) is 0 Å². The summed E-state index contributed by atoms with van der Waals surface area (Å²) in [5.41, 5.74) is 6.36. The minimum Gasteiger partial charge on any atom is -0.384 e. The first-order chi connectivity index (χ1) is 9.65. The Morgan fingerprint density at radius 1 is 1.30 bits per heavy atom. The molecular formula is C14H18N4O2. The lowest BCUT2D eigenvalue weighted by atomic mass is 9.98. The largest absolute Gasteiger partial charge is 0.384 e. The van der Waals surface area contributed by atoms with Crippen molar-refractivity contribution in [3.63, 3.8) is 0 Å². The van der Waals surface area contributed by atoms with E-state index in [1.807, 2.05) is 6.07 Å². The molecule has 0 bridgehead atoms. The van der Waals surface area contributed by atoms with Crippen LogP contribution in [0.25, 0.3) is 0 Å². The zero-order valence-electron chi connectivity index (χ0n) is 11.3. The van der Waals surface area contributed by atoms with Gasteiger partial charge in [0.05, 0.1) is 12.2 Å². The minimum atomic E-state index is -0.272. The fraction of sp³-hybridized carbons (Fsp3) is 0.500. The number of hydrogen-bond acceptors (Lipinski definition) is 4. The van der Waals surface area contributed by atoms with E-state index in [9.17, 15) is 9.59 Å². The van der Waals surface area contributed by atoms with Gasteiger partial charge in [-0.1, -0.05) is 6.07 Å². The van der Waals surface area contributed by atoms with Gasteiger partial charge in [0.2, 0.25) is 11.8 Å². The molecular weight excluding hydrogens is 256 g/mol. The van der Waals surface area contributed by atoms with Crippen molar-refractivity contribution in [2.45, 2.75) is 31.8 Å². The summed E-state index contributed by atoms with van der Waals surface area (Å²) < 4.78 is 0. The molecule has 0 radical (unpaired) electrons. The van der Waals surface area contributed by atoms with Crippen molar-refractivity contribution < 1.29 is 9.59 Å². The zero-order valence-corrected chi connectivity index (χ0v) is 11.3. The van der Waals surface area contributed by atoms with Crippen LogP contribution in [-0.4, -0.2) is 45.7 Å². The van der Waals surface area contributed by atoms with E-state index in [1.165, 1.54) is 0 Å². The molecule has 0 aromatic carbocycles. The number of piperidine rings is 1. The number of nitrogens with zero attached hydrogens (tertiary/aromatic N) is 3. The molecule has 2 saturated heterocycles. The molecule has 6 heteroatoms. The fourth-order valence-corrected chi connectivity index (χ4v) is 2.95. The van der Waals surface area contributed by atoms with E-state index in [4.69, 9.17) is 5.73 Å². The van der Waals surface area contributed by atoms with E-state index in [0.29, 0.717) is 18.9 Å². The standard InChI is InChI=1S/C14H18N4O2/c15-12-6-3-4-10(16-12)8-17-9-13(19)18-7-2-1-5-11(18)14(17)20/h3-4,6,11H,1-2,5,7-9H2,(H2,15,16). The van der Waals surface area contributed by atoms with Gasteiger partial charge < -0.3 is 15.5 Å². The number of piperazine rings is 1. The lowest BCUT2D eigenvalue weighted by Gasteiger charge is -2.42. The van der Waals surface area contributed by atoms with Crippen molar-refractivity contribution in [1.29, 1.82) is 0 Å². The Kier molecular flexibility index (Phi) is 3.30. The molecule has 2 amide bonds. The Hall–Kier alpha value is -2.11. The number of carbonyl (C=O) groups is 2. The van der Waals surface area contributed by atoms with Crippen LogP contribution < -0.4 is 5.73 Å². The molecule has 20 heavy (non-hydrogen) atoms. The smallest absolute Gasteiger partial charge is 0.246 e. The Bertz CT molecular complexity index is 546. The van der Waals surface area contributed by atoms with Gasteiger partial charge in [-0.3, -0.25) is 9.59 Å². The first-order valence-electron chi connectivity index (χ1n) is 6.95. The summed E-state index contributed by atoms with van der Waals surface area (Å²) in [6, 6.07) is 5.06. The highest BCUT2D eigenvalue weighted by Crippen LogP contribution is 2.23. The lowest BCUT2D eigenvalue weighted by Crippen LogP contribution is -2.60. The second-order valence-electron chi connectivity index (χ2n) is 5.35. The summed E-state index contributed by atoms with van der Waals surface area (Å²) in [5, 5.41) is 0. The van der Waals surface area contributed by atoms with Crippen molar-refractivity contribution in [3.05, 3.63) is 23.9 Å². The summed E-state index contributed by atoms with van der Waals surface area (Å²) in [6.45, 7) is 1.20. The van der Waals surface area contributed by atoms with Gasteiger partial charge in [0, 0.05) is 6.54 Å². The number of aromatic nitrogens is 1. The molecule has 0 spiro atoms. The van der Waals surface area contributed by atoms with Crippen LogP contribution in [-0.2, 0) is 16.1 Å². The molecule has 2 fully saturated rings. The summed E-state index contributed by atoms with van der Waals surface area (Å²) in [4.78, 5) is 32.1. The van der Waals surface area contributed by atoms with Crippen LogP contribution in [0.2, 0.25) is 0 Å². The van der Waals surface area contributed by atoms with E-state index in [2.05, 4.69) is 4.98 Å². The van der Waals surface area contributed by atoms with E-state index in [0.717, 1.165) is 25.0 Å². The molecule has 1 unspecified atom stereocenters. The summed E-state index contributed by atoms with van der Waals surface area (Å²) in [6.07, 6.45) is 2.77. The molecule has 106 valence electrons. The van der Waals surface area contributed by atoms with Crippen LogP contribution in [0.1, 0.15) is 25.0 Å². The number of carbonyl (C=O) groups excluding carboxylic acids is 2. The van der Waals surface area contributed by atoms with Gasteiger partial charge in [-0.15, -0.1) is 0 Å². The quantitative estimate of drug-likeness (QED) is 0.846. The number of fused-ring (bicyclic) bond motifs is 1. The Labute approximate surface area is 117 Å². The summed E-state index contributed by atoms with van der Waals surface area (Å²) in [7, 11) is 0. The van der Waals surface area contributed by atoms with Gasteiger partial charge in [-0.05, 0) is 31.4 Å². The molecule has 1 aromatic rings. The van der Waals surface area contributed by atoms with E-state index < -0.39 is 0 Å². The Balaban J connectivity index is 1.77. The van der Waals surface area contributed by atoms with Crippen molar-refractivity contribution in [2.75, 3.05) is 18.8 Å². The average Bonchev–Trinajstić information content (AvgIpc) is 2.45. The van der Waals surface area contributed by atoms with E-state index >= 15 is 0 Å². The minimum absolute atomic E-state index is 0.0357. The summed E-state index contributed by atoms with van der Waals surface area (Å²) in [5.74, 6) is 0.504. The number of rotatable bonds is 2. The Morgan fingerprint density at radius 2 is 2.15 bits per heavy atom. The number of hydrogen-bond donors (Lipinski definition) is 1. The molecule has 2 aliphatic heterocycles. The summed E-state index contributed by atoms with van der Waals surface area (Å²) >= 11 is 0. The van der Waals surface area contributed by atoms with Crippen LogP contribution >= 0.6 is 0 Å². The third kappa shape index (κ3) is 2.33. The monoisotopic (exact) mass is 274 g/mol. The van der Waals surface area contributed by atoms with Gasteiger partial charge in [-0.25, -0.2) is 4.98 Å². The van der Waals surface area contributed by atoms with Crippen LogP contribution in [0.15, 0.2) is 18.2 Å². The third-order valence-electron chi connectivity index (χ3n) is 3.93. The molecule has 0 saturated carbocycles. The number of anilines is 1. The fourth-order valence-electron chi connectivity index (χ4n) is 2.95. The maximum absolute atomic E-state index is 12.5. The van der Waals surface area contributed by atoms with E-state index in [-0.39, 0.29) is 24.4 Å². The number of nitrogens with two attached hydrogens (primary N) is 1. The van der Waals surface area contributed by atoms with Crippen LogP contribution in [0.3, 0.4) is 0 Å². The maximum Gasteiger partial charge on any atom is 0.246 e. The molecule has 3 rings (SSSR count). The normalized spacial score (nSPS) is 22.9. The highest BCUT2D eigenvalue weighted by Gasteiger charge is 2.40. The van der Waals surface area contributed by atoms with Gasteiger partial charge in [-0.2, -0.15) is 0 Å².